The fourth-order valence-corrected chi connectivity index (χ4v) is 10.3. The molecule has 5 fully saturated rings. The fourth-order valence-electron chi connectivity index (χ4n) is 9.51. The van der Waals surface area contributed by atoms with Crippen molar-refractivity contribution in [3.63, 3.8) is 0 Å². The van der Waals surface area contributed by atoms with Gasteiger partial charge in [-0.1, -0.05) is 33.1 Å². The zero-order chi connectivity index (χ0) is 22.2. The second kappa shape index (κ2) is 9.80. The lowest BCUT2D eigenvalue weighted by Crippen LogP contribution is -2.52. The fraction of sp³-hybridized carbons (Fsp3) is 0.964. The van der Waals surface area contributed by atoms with Crippen molar-refractivity contribution in [1.29, 1.82) is 0 Å². The Morgan fingerprint density at radius 2 is 1.69 bits per heavy atom. The first-order chi connectivity index (χ1) is 15.5. The van der Waals surface area contributed by atoms with Crippen LogP contribution in [0.2, 0.25) is 0 Å². The molecule has 7 atom stereocenters. The second-order valence-electron chi connectivity index (χ2n) is 12.7. The molecule has 1 N–H and O–H groups in total. The Kier molecular flexibility index (Phi) is 7.20. The third kappa shape index (κ3) is 4.41. The molecule has 1 heterocycles. The van der Waals surface area contributed by atoms with E-state index >= 15 is 0 Å². The average Bonchev–Trinajstić information content (AvgIpc) is 3.14. The summed E-state index contributed by atoms with van der Waals surface area (Å²) in [6.45, 7) is 7.60. The van der Waals surface area contributed by atoms with E-state index in [1.807, 2.05) is 0 Å². The van der Waals surface area contributed by atoms with Crippen molar-refractivity contribution in [3.8, 4) is 0 Å². The molecule has 1 saturated heterocycles. The molecule has 4 saturated carbocycles. The van der Waals surface area contributed by atoms with Gasteiger partial charge in [-0.3, -0.25) is 9.52 Å². The first kappa shape index (κ1) is 23.5. The van der Waals surface area contributed by atoms with E-state index in [4.69, 9.17) is 0 Å². The normalized spacial score (nSPS) is 44.4. The third-order valence-electron chi connectivity index (χ3n) is 11.3. The Morgan fingerprint density at radius 1 is 0.875 bits per heavy atom. The van der Waals surface area contributed by atoms with E-state index in [9.17, 15) is 4.79 Å². The lowest BCUT2D eigenvalue weighted by atomic mass is 9.45. The number of carbonyl (C=O) groups is 1. The molecule has 7 unspecified atom stereocenters. The number of piperidine rings is 1. The van der Waals surface area contributed by atoms with Crippen LogP contribution in [0.5, 0.6) is 0 Å². The predicted molar refractivity (Wildman–Crippen MR) is 135 cm³/mol. The van der Waals surface area contributed by atoms with E-state index in [0.29, 0.717) is 17.3 Å². The van der Waals surface area contributed by atoms with Crippen LogP contribution in [0.15, 0.2) is 0 Å². The molecule has 0 aromatic carbocycles. The van der Waals surface area contributed by atoms with Gasteiger partial charge in [-0.25, -0.2) is 4.31 Å². The number of nitrogens with one attached hydrogen (secondary N) is 1. The van der Waals surface area contributed by atoms with E-state index in [1.54, 1.807) is 12.1 Å². The number of hydrogen-bond acceptors (Lipinski definition) is 3. The number of hydrogen-bond donors (Lipinski definition) is 1. The van der Waals surface area contributed by atoms with Gasteiger partial charge in [-0.15, -0.1) is 0 Å². The van der Waals surface area contributed by atoms with Crippen molar-refractivity contribution < 1.29 is 4.79 Å². The van der Waals surface area contributed by atoms with Gasteiger partial charge < -0.3 is 0 Å². The van der Waals surface area contributed by atoms with Gasteiger partial charge in [0.05, 0.1) is 0 Å². The van der Waals surface area contributed by atoms with E-state index in [2.05, 4.69) is 22.9 Å². The molecule has 0 bridgehead atoms. The van der Waals surface area contributed by atoms with Crippen LogP contribution < -0.4 is 4.72 Å². The van der Waals surface area contributed by atoms with Gasteiger partial charge in [0.15, 0.2) is 0 Å². The molecular weight excluding hydrogens is 412 g/mol. The van der Waals surface area contributed by atoms with Crippen LogP contribution in [0.1, 0.15) is 117 Å². The lowest BCUT2D eigenvalue weighted by Gasteiger charge is -2.60. The number of fused-ring (bicyclic) bond motifs is 5. The Labute approximate surface area is 201 Å². The van der Waals surface area contributed by atoms with E-state index in [1.165, 1.54) is 89.9 Å². The van der Waals surface area contributed by atoms with E-state index < -0.39 is 0 Å². The molecule has 5 aliphatic rings. The van der Waals surface area contributed by atoms with Crippen molar-refractivity contribution in [2.45, 2.75) is 117 Å². The van der Waals surface area contributed by atoms with Crippen LogP contribution >= 0.6 is 12.1 Å². The maximum Gasteiger partial charge on any atom is 0.230 e. The summed E-state index contributed by atoms with van der Waals surface area (Å²) in [7, 11) is 0. The summed E-state index contributed by atoms with van der Waals surface area (Å²) >= 11 is 1.56. The highest BCUT2D eigenvalue weighted by atomic mass is 32.2. The highest BCUT2D eigenvalue weighted by molar-refractivity contribution is 7.95. The van der Waals surface area contributed by atoms with Gasteiger partial charge in [-0.2, -0.15) is 0 Å². The first-order valence-corrected chi connectivity index (χ1v) is 15.0. The van der Waals surface area contributed by atoms with Gasteiger partial charge in [0.25, 0.3) is 0 Å². The molecule has 4 aliphatic carbocycles. The highest BCUT2D eigenvalue weighted by Gasteiger charge is 2.59. The van der Waals surface area contributed by atoms with Crippen LogP contribution in [0.4, 0.5) is 0 Å². The van der Waals surface area contributed by atoms with Gasteiger partial charge in [0, 0.05) is 31.6 Å². The van der Waals surface area contributed by atoms with Crippen molar-refractivity contribution >= 4 is 18.0 Å². The molecule has 3 nitrogen and oxygen atoms in total. The average molecular weight is 461 g/mol. The van der Waals surface area contributed by atoms with Gasteiger partial charge in [0.1, 0.15) is 0 Å². The molecule has 32 heavy (non-hydrogen) atoms. The second-order valence-corrected chi connectivity index (χ2v) is 13.6. The van der Waals surface area contributed by atoms with Gasteiger partial charge >= 0.3 is 0 Å². The largest absolute Gasteiger partial charge is 0.287 e. The SMILES string of the molecule is CC12CCCCC1CCC1C2CCC2(C)C(CCCC(=O)NSN3CCCCC3)CCC12. The molecule has 1 amide bonds. The Bertz CT molecular complexity index is 664. The maximum absolute atomic E-state index is 12.4. The summed E-state index contributed by atoms with van der Waals surface area (Å²) in [6, 6.07) is 0. The van der Waals surface area contributed by atoms with Crippen molar-refractivity contribution in [1.82, 2.24) is 9.03 Å². The van der Waals surface area contributed by atoms with Crippen LogP contribution in [0, 0.1) is 40.4 Å². The molecule has 5 rings (SSSR count). The van der Waals surface area contributed by atoms with Crippen molar-refractivity contribution in [3.05, 3.63) is 0 Å². The predicted octanol–water partition coefficient (Wildman–Crippen LogP) is 7.37. The van der Waals surface area contributed by atoms with E-state index in [0.717, 1.165) is 49.1 Å². The Morgan fingerprint density at radius 3 is 2.53 bits per heavy atom. The van der Waals surface area contributed by atoms with Crippen LogP contribution in [-0.4, -0.2) is 23.3 Å². The third-order valence-corrected chi connectivity index (χ3v) is 12.3. The summed E-state index contributed by atoms with van der Waals surface area (Å²) in [5, 5.41) is 0. The molecule has 1 aliphatic heterocycles. The zero-order valence-corrected chi connectivity index (χ0v) is 21.7. The molecule has 0 radical (unpaired) electrons. The Balaban J connectivity index is 1.12. The minimum atomic E-state index is 0.243. The topological polar surface area (TPSA) is 32.3 Å². The van der Waals surface area contributed by atoms with Crippen LogP contribution in [0.25, 0.3) is 0 Å². The quantitative estimate of drug-likeness (QED) is 0.420. The minimum absolute atomic E-state index is 0.243. The standard InChI is InChI=1S/C28H48N2OS/c1-27-17-5-4-9-21(27)12-14-23-24-15-13-22(28(24,2)18-16-25(23)27)10-8-11-26(31)29-32-30-19-6-3-7-20-30/h21-25H,3-20H2,1-2H3,(H,29,31). The number of amides is 1. The van der Waals surface area contributed by atoms with Crippen molar-refractivity contribution in [2.75, 3.05) is 13.1 Å². The van der Waals surface area contributed by atoms with Crippen LogP contribution in [-0.2, 0) is 4.79 Å². The lowest BCUT2D eigenvalue weighted by molar-refractivity contribution is -0.119. The molecule has 182 valence electrons. The number of nitrogens with zero attached hydrogens (tertiary/aromatic N) is 1. The maximum atomic E-state index is 12.4. The minimum Gasteiger partial charge on any atom is -0.287 e. The summed E-state index contributed by atoms with van der Waals surface area (Å²) in [5.41, 5.74) is 1.21. The number of rotatable bonds is 6. The summed E-state index contributed by atoms with van der Waals surface area (Å²) in [5.74, 6) is 5.11. The molecule has 4 heteroatoms. The number of carbonyl (C=O) groups excluding carboxylic acids is 1. The Hall–Kier alpha value is -0.220. The molecular formula is C28H48N2OS. The highest BCUT2D eigenvalue weighted by Crippen LogP contribution is 2.67. The van der Waals surface area contributed by atoms with Crippen LogP contribution in [0.3, 0.4) is 0 Å². The van der Waals surface area contributed by atoms with Gasteiger partial charge in [0.2, 0.25) is 5.91 Å². The first-order valence-electron chi connectivity index (χ1n) is 14.2. The van der Waals surface area contributed by atoms with E-state index in [-0.39, 0.29) is 5.91 Å². The zero-order valence-electron chi connectivity index (χ0n) is 20.9. The van der Waals surface area contributed by atoms with Crippen molar-refractivity contribution in [2.24, 2.45) is 40.4 Å². The molecule has 0 spiro atoms. The van der Waals surface area contributed by atoms with Gasteiger partial charge in [-0.05, 0) is 117 Å². The molecule has 0 aromatic rings. The summed E-state index contributed by atoms with van der Waals surface area (Å²) in [4.78, 5) is 12.4. The summed E-state index contributed by atoms with van der Waals surface area (Å²) in [6.07, 6.45) is 21.8. The monoisotopic (exact) mass is 460 g/mol. The smallest absolute Gasteiger partial charge is 0.230 e. The molecule has 0 aromatic heterocycles. The summed E-state index contributed by atoms with van der Waals surface area (Å²) < 4.78 is 5.44.